The van der Waals surface area contributed by atoms with Gasteiger partial charge in [0.25, 0.3) is 0 Å². The molecule has 144 valence electrons. The standard InChI is InChI=1S/C18H16ClFN6S2/c1-10-9-27-16(21-10)11(2)17-23-24-18(28-17)22-14-6-7-26(25-14)8-12-4-3-5-13(19)15(12)20/h3-7,9,11H,8H2,1-2H3,(H,22,24,25). The number of hydrogen-bond donors (Lipinski definition) is 1. The van der Waals surface area contributed by atoms with Crippen LogP contribution in [0.3, 0.4) is 0 Å². The number of hydrogen-bond acceptors (Lipinski definition) is 7. The average Bonchev–Trinajstić information content (AvgIpc) is 3.41. The second-order valence-corrected chi connectivity index (χ2v) is 8.54. The summed E-state index contributed by atoms with van der Waals surface area (Å²) >= 11 is 8.92. The molecular formula is C18H16ClFN6S2. The zero-order valence-corrected chi connectivity index (χ0v) is 17.4. The molecule has 4 rings (SSSR count). The van der Waals surface area contributed by atoms with Crippen molar-refractivity contribution in [1.82, 2.24) is 25.0 Å². The van der Waals surface area contributed by atoms with E-state index in [1.54, 1.807) is 40.4 Å². The van der Waals surface area contributed by atoms with Crippen molar-refractivity contribution in [2.45, 2.75) is 26.3 Å². The molecule has 0 saturated heterocycles. The van der Waals surface area contributed by atoms with Crippen molar-refractivity contribution in [3.63, 3.8) is 0 Å². The molecule has 0 radical (unpaired) electrons. The van der Waals surface area contributed by atoms with E-state index in [1.807, 2.05) is 12.3 Å². The minimum absolute atomic E-state index is 0.0927. The van der Waals surface area contributed by atoms with E-state index in [-0.39, 0.29) is 17.5 Å². The number of thiazole rings is 1. The Kier molecular flexibility index (Phi) is 5.38. The number of aryl methyl sites for hydroxylation is 1. The minimum atomic E-state index is -0.422. The highest BCUT2D eigenvalue weighted by atomic mass is 35.5. The van der Waals surface area contributed by atoms with Gasteiger partial charge in [0.1, 0.15) is 15.8 Å². The van der Waals surface area contributed by atoms with Gasteiger partial charge in [-0.15, -0.1) is 21.5 Å². The van der Waals surface area contributed by atoms with Gasteiger partial charge < -0.3 is 5.32 Å². The highest BCUT2D eigenvalue weighted by molar-refractivity contribution is 7.15. The van der Waals surface area contributed by atoms with Crippen molar-refractivity contribution < 1.29 is 4.39 Å². The van der Waals surface area contributed by atoms with Crippen molar-refractivity contribution in [3.8, 4) is 0 Å². The summed E-state index contributed by atoms with van der Waals surface area (Å²) in [6.45, 7) is 4.33. The van der Waals surface area contributed by atoms with Gasteiger partial charge >= 0.3 is 0 Å². The summed E-state index contributed by atoms with van der Waals surface area (Å²) in [7, 11) is 0. The van der Waals surface area contributed by atoms with Gasteiger partial charge in [0.15, 0.2) is 5.82 Å². The van der Waals surface area contributed by atoms with Crippen molar-refractivity contribution in [2.24, 2.45) is 0 Å². The predicted octanol–water partition coefficient (Wildman–Crippen LogP) is 5.24. The largest absolute Gasteiger partial charge is 0.313 e. The molecule has 3 aromatic heterocycles. The van der Waals surface area contributed by atoms with Crippen LogP contribution in [0.1, 0.15) is 34.1 Å². The first-order chi connectivity index (χ1) is 13.5. The normalized spacial score (nSPS) is 12.3. The van der Waals surface area contributed by atoms with Gasteiger partial charge in [0.05, 0.1) is 17.5 Å². The van der Waals surface area contributed by atoms with E-state index < -0.39 is 5.82 Å². The molecule has 0 fully saturated rings. The smallest absolute Gasteiger partial charge is 0.211 e. The summed E-state index contributed by atoms with van der Waals surface area (Å²) in [5.74, 6) is 0.285. The van der Waals surface area contributed by atoms with Crippen LogP contribution in [0, 0.1) is 12.7 Å². The maximum atomic E-state index is 14.1. The lowest BCUT2D eigenvalue weighted by molar-refractivity contribution is 0.586. The molecule has 1 unspecified atom stereocenters. The predicted molar refractivity (Wildman–Crippen MR) is 110 cm³/mol. The van der Waals surface area contributed by atoms with Gasteiger partial charge in [-0.05, 0) is 19.9 Å². The highest BCUT2D eigenvalue weighted by Crippen LogP contribution is 2.31. The minimum Gasteiger partial charge on any atom is -0.313 e. The van der Waals surface area contributed by atoms with Crippen LogP contribution in [0.4, 0.5) is 15.3 Å². The Labute approximate surface area is 174 Å². The molecule has 10 heteroatoms. The molecule has 6 nitrogen and oxygen atoms in total. The maximum Gasteiger partial charge on any atom is 0.211 e. The summed E-state index contributed by atoms with van der Waals surface area (Å²) in [5.41, 5.74) is 1.49. The van der Waals surface area contributed by atoms with Crippen LogP contribution in [0.5, 0.6) is 0 Å². The fourth-order valence-corrected chi connectivity index (χ4v) is 4.54. The van der Waals surface area contributed by atoms with E-state index in [1.165, 1.54) is 17.4 Å². The van der Waals surface area contributed by atoms with Gasteiger partial charge in [-0.25, -0.2) is 9.37 Å². The van der Waals surface area contributed by atoms with E-state index in [0.29, 0.717) is 16.5 Å². The summed E-state index contributed by atoms with van der Waals surface area (Å²) in [6, 6.07) is 6.74. The van der Waals surface area contributed by atoms with Gasteiger partial charge in [-0.1, -0.05) is 35.1 Å². The Morgan fingerprint density at radius 1 is 1.25 bits per heavy atom. The third-order valence-corrected chi connectivity index (χ3v) is 6.52. The first-order valence-electron chi connectivity index (χ1n) is 8.48. The Morgan fingerprint density at radius 2 is 2.11 bits per heavy atom. The van der Waals surface area contributed by atoms with Crippen LogP contribution in [-0.2, 0) is 6.54 Å². The molecule has 0 amide bonds. The molecule has 4 aromatic rings. The molecule has 0 bridgehead atoms. The highest BCUT2D eigenvalue weighted by Gasteiger charge is 2.17. The van der Waals surface area contributed by atoms with Gasteiger partial charge in [0, 0.05) is 28.9 Å². The molecule has 1 aromatic carbocycles. The lowest BCUT2D eigenvalue weighted by Crippen LogP contribution is -2.03. The van der Waals surface area contributed by atoms with Crippen LogP contribution in [0.2, 0.25) is 5.02 Å². The first-order valence-corrected chi connectivity index (χ1v) is 10.6. The Hall–Kier alpha value is -2.36. The van der Waals surface area contributed by atoms with E-state index in [9.17, 15) is 4.39 Å². The van der Waals surface area contributed by atoms with Crippen LogP contribution < -0.4 is 5.32 Å². The number of halogens is 2. The van der Waals surface area contributed by atoms with E-state index in [0.717, 1.165) is 15.7 Å². The number of nitrogens with one attached hydrogen (secondary N) is 1. The molecule has 0 aliphatic rings. The van der Waals surface area contributed by atoms with Crippen molar-refractivity contribution >= 4 is 45.2 Å². The van der Waals surface area contributed by atoms with Crippen LogP contribution in [-0.4, -0.2) is 25.0 Å². The number of benzene rings is 1. The SMILES string of the molecule is Cc1csc(C(C)c2nnc(Nc3ccn(Cc4cccc(Cl)c4F)n3)s2)n1. The van der Waals surface area contributed by atoms with Crippen LogP contribution in [0.25, 0.3) is 0 Å². The third kappa shape index (κ3) is 4.06. The molecule has 0 aliphatic heterocycles. The van der Waals surface area contributed by atoms with Gasteiger partial charge in [-0.2, -0.15) is 5.10 Å². The summed E-state index contributed by atoms with van der Waals surface area (Å²) in [5, 5.41) is 20.7. The van der Waals surface area contributed by atoms with Crippen LogP contribution >= 0.6 is 34.3 Å². The van der Waals surface area contributed by atoms with Gasteiger partial charge in [-0.3, -0.25) is 4.68 Å². The quantitative estimate of drug-likeness (QED) is 0.449. The van der Waals surface area contributed by atoms with Crippen molar-refractivity contribution in [3.05, 3.63) is 68.0 Å². The lowest BCUT2D eigenvalue weighted by atomic mass is 10.2. The first kappa shape index (κ1) is 19.0. The molecule has 0 aliphatic carbocycles. The summed E-state index contributed by atoms with van der Waals surface area (Å²) in [4.78, 5) is 4.52. The summed E-state index contributed by atoms with van der Waals surface area (Å²) < 4.78 is 15.7. The maximum absolute atomic E-state index is 14.1. The molecule has 1 atom stereocenters. The van der Waals surface area contributed by atoms with Crippen molar-refractivity contribution in [2.75, 3.05) is 5.32 Å². The number of anilines is 2. The van der Waals surface area contributed by atoms with E-state index in [2.05, 4.69) is 32.5 Å². The molecular weight excluding hydrogens is 419 g/mol. The van der Waals surface area contributed by atoms with E-state index >= 15 is 0 Å². The topological polar surface area (TPSA) is 68.5 Å². The second kappa shape index (κ2) is 7.94. The monoisotopic (exact) mass is 434 g/mol. The summed E-state index contributed by atoms with van der Waals surface area (Å²) in [6.07, 6.45) is 1.77. The number of aromatic nitrogens is 5. The zero-order valence-electron chi connectivity index (χ0n) is 15.1. The third-order valence-electron chi connectivity index (χ3n) is 4.06. The molecule has 28 heavy (non-hydrogen) atoms. The zero-order chi connectivity index (χ0) is 19.7. The lowest BCUT2D eigenvalue weighted by Gasteiger charge is -2.04. The van der Waals surface area contributed by atoms with Gasteiger partial charge in [0.2, 0.25) is 5.13 Å². The van der Waals surface area contributed by atoms with Crippen LogP contribution in [0.15, 0.2) is 35.8 Å². The van der Waals surface area contributed by atoms with Crippen molar-refractivity contribution in [1.29, 1.82) is 0 Å². The fraction of sp³-hybridized carbons (Fsp3) is 0.222. The average molecular weight is 435 g/mol. The molecule has 1 N–H and O–H groups in total. The van der Waals surface area contributed by atoms with E-state index in [4.69, 9.17) is 11.6 Å². The second-order valence-electron chi connectivity index (χ2n) is 6.23. The Balaban J connectivity index is 1.44. The number of rotatable bonds is 6. The molecule has 3 heterocycles. The fourth-order valence-electron chi connectivity index (χ4n) is 2.61. The Bertz CT molecular complexity index is 1110. The Morgan fingerprint density at radius 3 is 2.89 bits per heavy atom. The molecule has 0 saturated carbocycles. The molecule has 0 spiro atoms. The number of nitrogens with zero attached hydrogens (tertiary/aromatic N) is 5.